The second-order valence-corrected chi connectivity index (χ2v) is 6.06. The van der Waals surface area contributed by atoms with Crippen LogP contribution >= 0.6 is 0 Å². The van der Waals surface area contributed by atoms with E-state index in [9.17, 15) is 5.11 Å². The zero-order chi connectivity index (χ0) is 15.1. The van der Waals surface area contributed by atoms with Crippen molar-refractivity contribution in [3.8, 4) is 5.75 Å². The summed E-state index contributed by atoms with van der Waals surface area (Å²) in [6.07, 6.45) is 2.22. The molecule has 2 atom stereocenters. The average molecular weight is 292 g/mol. The summed E-state index contributed by atoms with van der Waals surface area (Å²) in [7, 11) is 1.65. The first-order valence-electron chi connectivity index (χ1n) is 7.94. The minimum Gasteiger partial charge on any atom is -0.497 e. The van der Waals surface area contributed by atoms with Crippen molar-refractivity contribution in [2.24, 2.45) is 5.92 Å². The molecule has 0 aromatic heterocycles. The summed E-state index contributed by atoms with van der Waals surface area (Å²) in [6.45, 7) is 7.47. The number of likely N-dealkylation sites (tertiary alicyclic amines) is 1. The molecule has 0 amide bonds. The zero-order valence-corrected chi connectivity index (χ0v) is 13.2. The Labute approximate surface area is 128 Å². The molecule has 118 valence electrons. The second-order valence-electron chi connectivity index (χ2n) is 6.06. The van der Waals surface area contributed by atoms with E-state index in [2.05, 4.69) is 17.1 Å². The van der Waals surface area contributed by atoms with Gasteiger partial charge in [0.25, 0.3) is 0 Å². The van der Waals surface area contributed by atoms with Crippen LogP contribution < -0.4 is 10.1 Å². The highest BCUT2D eigenvalue weighted by atomic mass is 16.5. The van der Waals surface area contributed by atoms with Gasteiger partial charge < -0.3 is 20.1 Å². The molecule has 0 bridgehead atoms. The molecule has 1 aliphatic rings. The van der Waals surface area contributed by atoms with Crippen molar-refractivity contribution in [2.45, 2.75) is 25.9 Å². The van der Waals surface area contributed by atoms with Crippen LogP contribution in [0, 0.1) is 5.92 Å². The van der Waals surface area contributed by atoms with Crippen molar-refractivity contribution >= 4 is 0 Å². The molecule has 0 saturated carbocycles. The Morgan fingerprint density at radius 3 is 2.48 bits per heavy atom. The van der Waals surface area contributed by atoms with E-state index in [1.165, 1.54) is 25.9 Å². The summed E-state index contributed by atoms with van der Waals surface area (Å²) < 4.78 is 5.12. The van der Waals surface area contributed by atoms with Crippen LogP contribution in [0.4, 0.5) is 0 Å². The first-order chi connectivity index (χ1) is 10.2. The summed E-state index contributed by atoms with van der Waals surface area (Å²) >= 11 is 0. The number of hydrogen-bond acceptors (Lipinski definition) is 4. The standard InChI is InChI=1S/C17H28N2O2/c1-14(13-19-9-3-4-10-19)11-18-12-17(20)15-5-7-16(21-2)8-6-15/h5-8,14,17-18,20H,3-4,9-13H2,1-2H3. The first kappa shape index (κ1) is 16.3. The Balaban J connectivity index is 1.66. The maximum Gasteiger partial charge on any atom is 0.118 e. The maximum absolute atomic E-state index is 10.2. The molecule has 4 nitrogen and oxygen atoms in total. The lowest BCUT2D eigenvalue weighted by Crippen LogP contribution is -2.33. The first-order valence-corrected chi connectivity index (χ1v) is 7.94. The molecule has 2 N–H and O–H groups in total. The molecule has 2 rings (SSSR count). The van der Waals surface area contributed by atoms with Crippen LogP contribution in [0.2, 0.25) is 0 Å². The Kier molecular flexibility index (Phi) is 6.49. The molecule has 1 heterocycles. The van der Waals surface area contributed by atoms with E-state index in [0.717, 1.165) is 24.4 Å². The lowest BCUT2D eigenvalue weighted by atomic mass is 10.1. The zero-order valence-electron chi connectivity index (χ0n) is 13.2. The number of methoxy groups -OCH3 is 1. The number of rotatable bonds is 8. The van der Waals surface area contributed by atoms with Gasteiger partial charge in [0.15, 0.2) is 0 Å². The minimum atomic E-state index is -0.463. The van der Waals surface area contributed by atoms with Crippen LogP contribution in [0.5, 0.6) is 5.75 Å². The smallest absolute Gasteiger partial charge is 0.118 e. The molecule has 0 aliphatic carbocycles. The van der Waals surface area contributed by atoms with Gasteiger partial charge in [0.2, 0.25) is 0 Å². The van der Waals surface area contributed by atoms with Crippen molar-refractivity contribution in [3.05, 3.63) is 29.8 Å². The second kappa shape index (κ2) is 8.37. The van der Waals surface area contributed by atoms with E-state index < -0.39 is 6.10 Å². The summed E-state index contributed by atoms with van der Waals surface area (Å²) in [5, 5.41) is 13.5. The summed E-state index contributed by atoms with van der Waals surface area (Å²) in [6, 6.07) is 7.60. The third-order valence-electron chi connectivity index (χ3n) is 4.10. The van der Waals surface area contributed by atoms with E-state index in [0.29, 0.717) is 12.5 Å². The van der Waals surface area contributed by atoms with E-state index >= 15 is 0 Å². The van der Waals surface area contributed by atoms with Crippen LogP contribution in [0.1, 0.15) is 31.4 Å². The molecule has 21 heavy (non-hydrogen) atoms. The number of nitrogens with zero attached hydrogens (tertiary/aromatic N) is 1. The fraction of sp³-hybridized carbons (Fsp3) is 0.647. The highest BCUT2D eigenvalue weighted by Gasteiger charge is 2.15. The fourth-order valence-corrected chi connectivity index (χ4v) is 2.88. The Morgan fingerprint density at radius 2 is 1.86 bits per heavy atom. The predicted octanol–water partition coefficient (Wildman–Crippen LogP) is 2.05. The Hall–Kier alpha value is -1.10. The van der Waals surface area contributed by atoms with Crippen molar-refractivity contribution < 1.29 is 9.84 Å². The van der Waals surface area contributed by atoms with E-state index in [1.54, 1.807) is 7.11 Å². The highest BCUT2D eigenvalue weighted by molar-refractivity contribution is 5.28. The van der Waals surface area contributed by atoms with Crippen LogP contribution in [0.3, 0.4) is 0 Å². The normalized spacial score (nSPS) is 18.6. The topological polar surface area (TPSA) is 44.7 Å². The molecule has 0 spiro atoms. The molecule has 1 aromatic carbocycles. The number of aliphatic hydroxyl groups is 1. The number of ether oxygens (including phenoxy) is 1. The van der Waals surface area contributed by atoms with Gasteiger partial charge in [-0.1, -0.05) is 19.1 Å². The molecule has 1 saturated heterocycles. The summed E-state index contributed by atoms with van der Waals surface area (Å²) in [5.74, 6) is 1.43. The number of nitrogens with one attached hydrogen (secondary N) is 1. The third kappa shape index (κ3) is 5.30. The lowest BCUT2D eigenvalue weighted by Gasteiger charge is -2.21. The monoisotopic (exact) mass is 292 g/mol. The maximum atomic E-state index is 10.2. The molecule has 4 heteroatoms. The van der Waals surface area contributed by atoms with Gasteiger partial charge in [0.05, 0.1) is 13.2 Å². The summed E-state index contributed by atoms with van der Waals surface area (Å²) in [5.41, 5.74) is 0.926. The quantitative estimate of drug-likeness (QED) is 0.770. The largest absolute Gasteiger partial charge is 0.497 e. The molecule has 1 fully saturated rings. The highest BCUT2D eigenvalue weighted by Crippen LogP contribution is 2.17. The van der Waals surface area contributed by atoms with Gasteiger partial charge in [-0.25, -0.2) is 0 Å². The minimum absolute atomic E-state index is 0.463. The number of aliphatic hydroxyl groups excluding tert-OH is 1. The Bertz CT molecular complexity index is 402. The van der Waals surface area contributed by atoms with Crippen LogP contribution in [-0.2, 0) is 0 Å². The van der Waals surface area contributed by atoms with Crippen LogP contribution in [0.15, 0.2) is 24.3 Å². The molecule has 2 unspecified atom stereocenters. The fourth-order valence-electron chi connectivity index (χ4n) is 2.88. The Morgan fingerprint density at radius 1 is 1.19 bits per heavy atom. The molecule has 1 aromatic rings. The molecule has 0 radical (unpaired) electrons. The molecule has 1 aliphatic heterocycles. The lowest BCUT2D eigenvalue weighted by molar-refractivity contribution is 0.171. The van der Waals surface area contributed by atoms with Gasteiger partial charge in [-0.15, -0.1) is 0 Å². The van der Waals surface area contributed by atoms with Crippen molar-refractivity contribution in [1.82, 2.24) is 10.2 Å². The van der Waals surface area contributed by atoms with Gasteiger partial charge in [-0.3, -0.25) is 0 Å². The third-order valence-corrected chi connectivity index (χ3v) is 4.10. The predicted molar refractivity (Wildman–Crippen MR) is 85.7 cm³/mol. The van der Waals surface area contributed by atoms with E-state index in [1.807, 2.05) is 24.3 Å². The van der Waals surface area contributed by atoms with Gasteiger partial charge in [0.1, 0.15) is 5.75 Å². The van der Waals surface area contributed by atoms with Crippen molar-refractivity contribution in [1.29, 1.82) is 0 Å². The number of hydrogen-bond donors (Lipinski definition) is 2. The molecular weight excluding hydrogens is 264 g/mol. The average Bonchev–Trinajstić information content (AvgIpc) is 3.00. The molecular formula is C17H28N2O2. The summed E-state index contributed by atoms with van der Waals surface area (Å²) in [4.78, 5) is 2.53. The van der Waals surface area contributed by atoms with E-state index in [-0.39, 0.29) is 0 Å². The van der Waals surface area contributed by atoms with E-state index in [4.69, 9.17) is 4.74 Å². The van der Waals surface area contributed by atoms with Crippen LogP contribution in [-0.4, -0.2) is 49.8 Å². The SMILES string of the molecule is COc1ccc(C(O)CNCC(C)CN2CCCC2)cc1. The van der Waals surface area contributed by atoms with Gasteiger partial charge >= 0.3 is 0 Å². The van der Waals surface area contributed by atoms with Gasteiger partial charge in [-0.05, 0) is 56.1 Å². The number of benzene rings is 1. The van der Waals surface area contributed by atoms with Gasteiger partial charge in [-0.2, -0.15) is 0 Å². The van der Waals surface area contributed by atoms with Crippen LogP contribution in [0.25, 0.3) is 0 Å². The van der Waals surface area contributed by atoms with Gasteiger partial charge in [0, 0.05) is 13.1 Å². The van der Waals surface area contributed by atoms with Crippen molar-refractivity contribution in [3.63, 3.8) is 0 Å². The van der Waals surface area contributed by atoms with Crippen molar-refractivity contribution in [2.75, 3.05) is 39.8 Å².